The van der Waals surface area contributed by atoms with Crippen LogP contribution < -0.4 is 9.67 Å². The van der Waals surface area contributed by atoms with Crippen molar-refractivity contribution >= 4 is 0 Å². The molecule has 0 N–H and O–H groups in total. The summed E-state index contributed by atoms with van der Waals surface area (Å²) in [6.45, 7) is 4.43. The molecule has 0 aliphatic carbocycles. The largest absolute Gasteiger partial charge is 0.284 e. The summed E-state index contributed by atoms with van der Waals surface area (Å²) in [5, 5.41) is 15.6. The molecule has 0 aliphatic rings. The zero-order chi connectivity index (χ0) is 17.5. The van der Waals surface area contributed by atoms with Crippen LogP contribution in [0.15, 0.2) is 42.5 Å². The Labute approximate surface area is 149 Å². The summed E-state index contributed by atoms with van der Waals surface area (Å²) in [4.78, 5) is 0. The molecule has 0 spiro atoms. The van der Waals surface area contributed by atoms with Crippen molar-refractivity contribution in [3.8, 4) is 17.1 Å². The van der Waals surface area contributed by atoms with Gasteiger partial charge in [0.25, 0.3) is 5.95 Å². The molecular formula is C20H25N5. The summed E-state index contributed by atoms with van der Waals surface area (Å²) in [6, 6.07) is 15.1. The van der Waals surface area contributed by atoms with Crippen LogP contribution in [0.25, 0.3) is 17.1 Å². The second-order valence-electron chi connectivity index (χ2n) is 6.31. The Hall–Kier alpha value is -2.56. The topological polar surface area (TPSA) is 56.6 Å². The summed E-state index contributed by atoms with van der Waals surface area (Å²) >= 11 is 0. The molecule has 3 aromatic rings. The standard InChI is InChI=1S/C20H25N5/c1-3-5-12-18-14-17(16-10-8-7-9-11-16)15-19(13-6-4-2)25(18)20-21-23-24-22-20/h7-11,14-15H,3-6,12-13H2,1-2H3. The molecule has 5 heteroatoms. The Balaban J connectivity index is 2.13. The highest BCUT2D eigenvalue weighted by molar-refractivity contribution is 5.63. The molecule has 0 bridgehead atoms. The van der Waals surface area contributed by atoms with Gasteiger partial charge in [0, 0.05) is 11.4 Å². The minimum absolute atomic E-state index is 0.580. The summed E-state index contributed by atoms with van der Waals surface area (Å²) in [6.07, 6.45) is 6.55. The highest BCUT2D eigenvalue weighted by Gasteiger charge is 2.14. The van der Waals surface area contributed by atoms with E-state index in [0.717, 1.165) is 38.5 Å². The van der Waals surface area contributed by atoms with Crippen LogP contribution in [0.3, 0.4) is 0 Å². The fourth-order valence-corrected chi connectivity index (χ4v) is 3.08. The molecule has 2 aromatic heterocycles. The molecule has 0 saturated carbocycles. The SMILES string of the molecule is CCCCc1cc(-c2ccccc2)cc(CCCC)[n+]1-c1nnn[n-]1. The third-order valence-electron chi connectivity index (χ3n) is 4.41. The van der Waals surface area contributed by atoms with Crippen LogP contribution >= 0.6 is 0 Å². The van der Waals surface area contributed by atoms with Gasteiger partial charge in [-0.25, -0.2) is 0 Å². The molecule has 0 amide bonds. The fraction of sp³-hybridized carbons (Fsp3) is 0.400. The van der Waals surface area contributed by atoms with Crippen LogP contribution in [0.2, 0.25) is 0 Å². The summed E-state index contributed by atoms with van der Waals surface area (Å²) < 4.78 is 2.15. The fourth-order valence-electron chi connectivity index (χ4n) is 3.08. The van der Waals surface area contributed by atoms with Crippen molar-refractivity contribution in [2.24, 2.45) is 0 Å². The van der Waals surface area contributed by atoms with Gasteiger partial charge in [0.15, 0.2) is 0 Å². The van der Waals surface area contributed by atoms with Gasteiger partial charge in [-0.05, 0) is 59.4 Å². The minimum atomic E-state index is 0.580. The number of pyridine rings is 1. The molecule has 0 fully saturated rings. The Morgan fingerprint density at radius 3 is 2.04 bits per heavy atom. The van der Waals surface area contributed by atoms with E-state index in [1.807, 2.05) is 0 Å². The Kier molecular flexibility index (Phi) is 5.88. The van der Waals surface area contributed by atoms with E-state index in [4.69, 9.17) is 0 Å². The average molecular weight is 335 g/mol. The maximum absolute atomic E-state index is 4.12. The number of aromatic nitrogens is 5. The van der Waals surface area contributed by atoms with E-state index in [2.05, 4.69) is 81.5 Å². The second-order valence-corrected chi connectivity index (χ2v) is 6.31. The van der Waals surface area contributed by atoms with E-state index < -0.39 is 0 Å². The molecule has 0 aliphatic heterocycles. The van der Waals surface area contributed by atoms with Gasteiger partial charge in [-0.15, -0.1) is 0 Å². The number of rotatable bonds is 8. The predicted octanol–water partition coefficient (Wildman–Crippen LogP) is 3.46. The molecule has 0 atom stereocenters. The Morgan fingerprint density at radius 2 is 1.52 bits per heavy atom. The molecule has 0 unspecified atom stereocenters. The maximum Gasteiger partial charge on any atom is 0.276 e. The maximum atomic E-state index is 4.12. The lowest BCUT2D eigenvalue weighted by molar-refractivity contribution is -0.620. The monoisotopic (exact) mass is 335 g/mol. The van der Waals surface area contributed by atoms with Gasteiger partial charge in [0.05, 0.1) is 0 Å². The summed E-state index contributed by atoms with van der Waals surface area (Å²) in [7, 11) is 0. The molecule has 3 rings (SSSR count). The number of hydrogen-bond acceptors (Lipinski definition) is 3. The molecule has 130 valence electrons. The van der Waals surface area contributed by atoms with Crippen LogP contribution in [0.5, 0.6) is 0 Å². The second kappa shape index (κ2) is 8.51. The molecule has 0 radical (unpaired) electrons. The van der Waals surface area contributed by atoms with E-state index in [-0.39, 0.29) is 0 Å². The van der Waals surface area contributed by atoms with Crippen LogP contribution in [0.4, 0.5) is 0 Å². The van der Waals surface area contributed by atoms with Crippen LogP contribution in [-0.2, 0) is 12.8 Å². The van der Waals surface area contributed by atoms with Crippen LogP contribution in [0.1, 0.15) is 50.9 Å². The van der Waals surface area contributed by atoms with Crippen molar-refractivity contribution in [2.45, 2.75) is 52.4 Å². The number of tetrazole rings is 1. The Bertz CT molecular complexity index is 752. The number of hydrogen-bond donors (Lipinski definition) is 0. The first-order chi connectivity index (χ1) is 12.3. The number of aryl methyl sites for hydroxylation is 2. The van der Waals surface area contributed by atoms with E-state index in [1.165, 1.54) is 22.5 Å². The van der Waals surface area contributed by atoms with Gasteiger partial charge >= 0.3 is 0 Å². The third kappa shape index (κ3) is 4.10. The molecule has 0 saturated heterocycles. The van der Waals surface area contributed by atoms with E-state index >= 15 is 0 Å². The molecule has 5 nitrogen and oxygen atoms in total. The van der Waals surface area contributed by atoms with Gasteiger partial charge in [-0.1, -0.05) is 67.2 Å². The summed E-state index contributed by atoms with van der Waals surface area (Å²) in [5.74, 6) is 0.580. The molecule has 1 aromatic carbocycles. The normalized spacial score (nSPS) is 11.0. The number of benzene rings is 1. The van der Waals surface area contributed by atoms with E-state index in [1.54, 1.807) is 0 Å². The lowest BCUT2D eigenvalue weighted by Crippen LogP contribution is -2.42. The highest BCUT2D eigenvalue weighted by Crippen LogP contribution is 2.22. The first-order valence-electron chi connectivity index (χ1n) is 9.15. The quantitative estimate of drug-likeness (QED) is 0.592. The van der Waals surface area contributed by atoms with Gasteiger partial charge < -0.3 is 0 Å². The first kappa shape index (κ1) is 17.3. The van der Waals surface area contributed by atoms with Crippen molar-refractivity contribution in [1.82, 2.24) is 20.6 Å². The van der Waals surface area contributed by atoms with Crippen molar-refractivity contribution in [1.29, 1.82) is 0 Å². The van der Waals surface area contributed by atoms with Crippen LogP contribution in [-0.4, -0.2) is 15.5 Å². The zero-order valence-electron chi connectivity index (χ0n) is 15.0. The van der Waals surface area contributed by atoms with Crippen molar-refractivity contribution in [3.05, 3.63) is 53.9 Å². The molecule has 2 heterocycles. The predicted molar refractivity (Wildman–Crippen MR) is 97.3 cm³/mol. The first-order valence-corrected chi connectivity index (χ1v) is 9.15. The summed E-state index contributed by atoms with van der Waals surface area (Å²) in [5.41, 5.74) is 4.94. The molecular weight excluding hydrogens is 310 g/mol. The van der Waals surface area contributed by atoms with Gasteiger partial charge in [-0.2, -0.15) is 0 Å². The van der Waals surface area contributed by atoms with Crippen LogP contribution in [0, 0.1) is 0 Å². The number of unbranched alkanes of at least 4 members (excludes halogenated alkanes) is 2. The van der Waals surface area contributed by atoms with Crippen molar-refractivity contribution in [3.63, 3.8) is 0 Å². The van der Waals surface area contributed by atoms with Gasteiger partial charge in [-0.3, -0.25) is 4.57 Å². The lowest BCUT2D eigenvalue weighted by atomic mass is 10.0. The van der Waals surface area contributed by atoms with Gasteiger partial charge in [0.1, 0.15) is 0 Å². The lowest BCUT2D eigenvalue weighted by Gasteiger charge is -2.18. The Morgan fingerprint density at radius 1 is 0.880 bits per heavy atom. The third-order valence-corrected chi connectivity index (χ3v) is 4.41. The highest BCUT2D eigenvalue weighted by atomic mass is 15.5. The van der Waals surface area contributed by atoms with Gasteiger partial charge in [0.2, 0.25) is 0 Å². The zero-order valence-corrected chi connectivity index (χ0v) is 15.0. The molecule has 25 heavy (non-hydrogen) atoms. The van der Waals surface area contributed by atoms with E-state index in [0.29, 0.717) is 5.95 Å². The average Bonchev–Trinajstić information content (AvgIpc) is 3.19. The minimum Gasteiger partial charge on any atom is -0.284 e. The van der Waals surface area contributed by atoms with Crippen molar-refractivity contribution in [2.75, 3.05) is 0 Å². The van der Waals surface area contributed by atoms with Crippen molar-refractivity contribution < 1.29 is 4.57 Å². The smallest absolute Gasteiger partial charge is 0.276 e. The number of nitrogens with zero attached hydrogens (tertiary/aromatic N) is 5. The van der Waals surface area contributed by atoms with E-state index in [9.17, 15) is 0 Å².